The molecule has 0 radical (unpaired) electrons. The van der Waals surface area contributed by atoms with Crippen molar-refractivity contribution in [1.29, 1.82) is 0 Å². The lowest BCUT2D eigenvalue weighted by atomic mass is 9.83. The molecule has 5 heterocycles. The van der Waals surface area contributed by atoms with Gasteiger partial charge in [0.2, 0.25) is 27.8 Å². The van der Waals surface area contributed by atoms with Gasteiger partial charge in [0, 0.05) is 51.4 Å². The Morgan fingerprint density at radius 3 is 2.31 bits per heavy atom. The fourth-order valence-electron chi connectivity index (χ4n) is 8.94. The van der Waals surface area contributed by atoms with E-state index in [1.807, 2.05) is 64.4 Å². The van der Waals surface area contributed by atoms with Gasteiger partial charge in [-0.15, -0.1) is 11.3 Å². The van der Waals surface area contributed by atoms with Gasteiger partial charge in [-0.3, -0.25) is 19.1 Å². The number of amides is 3. The number of rotatable bonds is 14. The molecule has 0 bridgehead atoms. The van der Waals surface area contributed by atoms with Crippen LogP contribution in [0.4, 0.5) is 17.5 Å². The average Bonchev–Trinajstić information content (AvgIpc) is 3.98. The number of β-amino-alcohol motifs (C(OH)–C–C–N with tert-alkyl or cyclic N) is 1. The summed E-state index contributed by atoms with van der Waals surface area (Å²) < 4.78 is 31.5. The van der Waals surface area contributed by atoms with Crippen LogP contribution in [-0.2, 0) is 26.7 Å². The van der Waals surface area contributed by atoms with Gasteiger partial charge in [-0.05, 0) is 84.8 Å². The first-order valence-electron chi connectivity index (χ1n) is 21.7. The fourth-order valence-corrected chi connectivity index (χ4v) is 12.1. The van der Waals surface area contributed by atoms with Gasteiger partial charge in [-0.2, -0.15) is 10.1 Å². The average molecular weight is 984 g/mol. The highest BCUT2D eigenvalue weighted by Crippen LogP contribution is 2.34. The molecule has 7 N–H and O–H groups in total. The SMILES string of the molecule is Cc1ncsc1-c1ccc([C@H](C)NC(=O)C2C[C@@H](O)CN2C(=O)[C@@H](NC2CCC(S(=O)(=O)N3CCC(Nc4ncc(Br)c(Nc5cnn(C)c5C(N)=O)n4)CC3)CC2)C(C)(C)C)cc1. The van der Waals surface area contributed by atoms with Crippen LogP contribution < -0.4 is 27.0 Å². The number of nitrogens with one attached hydrogen (secondary N) is 4. The second-order valence-corrected chi connectivity index (χ2v) is 22.1. The third-order valence-electron chi connectivity index (χ3n) is 12.6. The van der Waals surface area contributed by atoms with E-state index in [-0.39, 0.29) is 48.6 Å². The summed E-state index contributed by atoms with van der Waals surface area (Å²) in [6.07, 6.45) is 5.56. The minimum absolute atomic E-state index is 0.0550. The number of thiazole rings is 1. The number of nitrogens with zero attached hydrogens (tertiary/aromatic N) is 7. The van der Waals surface area contributed by atoms with Crippen LogP contribution in [0.5, 0.6) is 0 Å². The van der Waals surface area contributed by atoms with E-state index in [0.29, 0.717) is 73.5 Å². The van der Waals surface area contributed by atoms with Crippen molar-refractivity contribution in [2.45, 2.75) is 121 Å². The molecule has 7 rings (SSSR count). The van der Waals surface area contributed by atoms with Gasteiger partial charge in [0.25, 0.3) is 5.91 Å². The van der Waals surface area contributed by atoms with E-state index in [0.717, 1.165) is 21.7 Å². The Bertz CT molecular complexity index is 2420. The van der Waals surface area contributed by atoms with E-state index in [1.165, 1.54) is 15.8 Å². The number of hydrogen-bond donors (Lipinski definition) is 6. The van der Waals surface area contributed by atoms with Crippen LogP contribution in [0, 0.1) is 12.3 Å². The summed E-state index contributed by atoms with van der Waals surface area (Å²) in [5.74, 6) is -0.445. The molecule has 21 heteroatoms. The van der Waals surface area contributed by atoms with E-state index >= 15 is 0 Å². The molecule has 4 atom stereocenters. The van der Waals surface area contributed by atoms with E-state index in [9.17, 15) is 27.9 Å². The Hall–Kier alpha value is -4.54. The van der Waals surface area contributed by atoms with Gasteiger partial charge in [0.05, 0.1) is 55.9 Å². The number of hydrogen-bond acceptors (Lipinski definition) is 14. The molecule has 346 valence electrons. The molecule has 3 aliphatic rings. The molecule has 18 nitrogen and oxygen atoms in total. The second kappa shape index (κ2) is 19.5. The van der Waals surface area contributed by atoms with Crippen molar-refractivity contribution in [3.63, 3.8) is 0 Å². The zero-order valence-corrected chi connectivity index (χ0v) is 40.3. The Morgan fingerprint density at radius 1 is 1.00 bits per heavy atom. The van der Waals surface area contributed by atoms with Gasteiger partial charge in [-0.25, -0.2) is 22.7 Å². The Balaban J connectivity index is 0.908. The van der Waals surface area contributed by atoms with Crippen LogP contribution in [0.1, 0.15) is 100 Å². The monoisotopic (exact) mass is 982 g/mol. The number of halogens is 1. The molecule has 1 aliphatic carbocycles. The molecule has 3 fully saturated rings. The molecule has 3 aromatic heterocycles. The Morgan fingerprint density at radius 2 is 1.69 bits per heavy atom. The molecular weight excluding hydrogens is 925 g/mol. The predicted molar refractivity (Wildman–Crippen MR) is 249 cm³/mol. The lowest BCUT2D eigenvalue weighted by Crippen LogP contribution is -2.59. The normalized spacial score (nSPS) is 22.2. The molecule has 64 heavy (non-hydrogen) atoms. The van der Waals surface area contributed by atoms with Crippen LogP contribution >= 0.6 is 27.3 Å². The third-order valence-corrected chi connectivity index (χ3v) is 16.5. The maximum absolute atomic E-state index is 14.4. The van der Waals surface area contributed by atoms with Crippen LogP contribution in [0.15, 0.2) is 46.6 Å². The molecule has 2 aliphatic heterocycles. The van der Waals surface area contributed by atoms with Crippen molar-refractivity contribution in [2.75, 3.05) is 30.3 Å². The van der Waals surface area contributed by atoms with E-state index in [4.69, 9.17) is 5.73 Å². The van der Waals surface area contributed by atoms with Crippen LogP contribution in [0.25, 0.3) is 10.4 Å². The molecule has 1 aromatic carbocycles. The van der Waals surface area contributed by atoms with Crippen LogP contribution in [0.2, 0.25) is 0 Å². The maximum Gasteiger partial charge on any atom is 0.269 e. The number of piperidine rings is 1. The van der Waals surface area contributed by atoms with Crippen molar-refractivity contribution < 1.29 is 27.9 Å². The number of aromatic nitrogens is 5. The number of aliphatic hydroxyl groups excluding tert-OH is 1. The summed E-state index contributed by atoms with van der Waals surface area (Å²) in [6, 6.07) is 6.02. The van der Waals surface area contributed by atoms with Crippen molar-refractivity contribution in [3.8, 4) is 10.4 Å². The molecule has 2 saturated heterocycles. The summed E-state index contributed by atoms with van der Waals surface area (Å²) in [6.45, 7) is 10.6. The first kappa shape index (κ1) is 47.4. The number of sulfonamides is 1. The Kier molecular flexibility index (Phi) is 14.5. The van der Waals surface area contributed by atoms with Gasteiger partial charge >= 0.3 is 0 Å². The first-order chi connectivity index (χ1) is 30.3. The number of benzene rings is 1. The zero-order valence-electron chi connectivity index (χ0n) is 37.0. The largest absolute Gasteiger partial charge is 0.391 e. The highest BCUT2D eigenvalue weighted by Gasteiger charge is 2.45. The maximum atomic E-state index is 14.4. The third kappa shape index (κ3) is 10.6. The van der Waals surface area contributed by atoms with Gasteiger partial charge in [-0.1, -0.05) is 45.0 Å². The number of aryl methyl sites for hydroxylation is 2. The summed E-state index contributed by atoms with van der Waals surface area (Å²) in [5.41, 5.74) is 10.4. The minimum Gasteiger partial charge on any atom is -0.391 e. The number of anilines is 3. The summed E-state index contributed by atoms with van der Waals surface area (Å²) >= 11 is 5.03. The number of aliphatic hydroxyl groups is 1. The second-order valence-electron chi connectivity index (χ2n) is 18.2. The molecule has 0 spiro atoms. The standard InChI is InChI=1S/C43H59BrN12O6S2/c1-24(26-7-9-27(10-8-26)36-25(2)47-23-63-36)49-40(59)34-19-30(57)22-56(34)41(60)37(43(3,4)5)50-28-11-13-31(14-12-28)64(61,62)55-17-15-29(16-18-55)51-42-46-20-32(44)39(53-42)52-33-21-48-54(6)35(33)38(45)58/h7-10,20-21,23-24,28-31,34,37,50,57H,11-19,22H2,1-6H3,(H2,45,58)(H,49,59)(H2,46,51,52,53)/t24-,28?,30+,31?,34?,37+/m0/s1. The van der Waals surface area contributed by atoms with Crippen LogP contribution in [-0.4, -0.2) is 120 Å². The molecular formula is C43H59BrN12O6S2. The number of primary amides is 1. The van der Waals surface area contributed by atoms with Crippen molar-refractivity contribution in [2.24, 2.45) is 18.2 Å². The minimum atomic E-state index is -3.58. The lowest BCUT2D eigenvalue weighted by Gasteiger charge is -2.40. The molecule has 3 amide bonds. The Labute approximate surface area is 386 Å². The summed E-state index contributed by atoms with van der Waals surface area (Å²) in [7, 11) is -1.96. The first-order valence-corrected chi connectivity index (χ1v) is 24.9. The van der Waals surface area contributed by atoms with Crippen molar-refractivity contribution in [1.82, 2.24) is 44.6 Å². The van der Waals surface area contributed by atoms with Gasteiger partial charge < -0.3 is 37.0 Å². The number of carbonyl (C=O) groups excluding carboxylic acids is 3. The molecule has 1 saturated carbocycles. The number of likely N-dealkylation sites (tertiary alicyclic amines) is 1. The van der Waals surface area contributed by atoms with Crippen LogP contribution in [0.3, 0.4) is 0 Å². The van der Waals surface area contributed by atoms with Gasteiger partial charge in [0.1, 0.15) is 17.6 Å². The summed E-state index contributed by atoms with van der Waals surface area (Å²) in [4.78, 5) is 56.1. The fraction of sp³-hybridized carbons (Fsp3) is 0.558. The van der Waals surface area contributed by atoms with E-state index in [2.05, 4.69) is 57.2 Å². The summed E-state index contributed by atoms with van der Waals surface area (Å²) in [5, 5.41) is 27.4. The number of nitrogens with two attached hydrogens (primary N) is 1. The molecule has 1 unspecified atom stereocenters. The predicted octanol–water partition coefficient (Wildman–Crippen LogP) is 4.61. The topological polar surface area (TPSA) is 243 Å². The quantitative estimate of drug-likeness (QED) is 0.101. The smallest absolute Gasteiger partial charge is 0.269 e. The lowest BCUT2D eigenvalue weighted by molar-refractivity contribution is -0.142. The highest BCUT2D eigenvalue weighted by molar-refractivity contribution is 9.10. The van der Waals surface area contributed by atoms with Crippen molar-refractivity contribution in [3.05, 3.63) is 63.6 Å². The zero-order chi connectivity index (χ0) is 46.1. The van der Waals surface area contributed by atoms with E-state index in [1.54, 1.807) is 28.9 Å². The van der Waals surface area contributed by atoms with Crippen molar-refractivity contribution >= 4 is 72.5 Å². The van der Waals surface area contributed by atoms with E-state index < -0.39 is 44.8 Å². The highest BCUT2D eigenvalue weighted by atomic mass is 79.9. The molecule has 4 aromatic rings. The van der Waals surface area contributed by atoms with Gasteiger partial charge in [0.15, 0.2) is 0 Å². The number of carbonyl (C=O) groups is 3.